The molecule has 1 unspecified atom stereocenters. The van der Waals surface area contributed by atoms with E-state index in [1.165, 1.54) is 6.07 Å². The van der Waals surface area contributed by atoms with Crippen LogP contribution in [0.4, 0.5) is 11.4 Å². The van der Waals surface area contributed by atoms with E-state index in [1.807, 2.05) is 49.4 Å². The molecule has 1 heterocycles. The van der Waals surface area contributed by atoms with Crippen LogP contribution in [0, 0.1) is 0 Å². The zero-order valence-corrected chi connectivity index (χ0v) is 24.9. The molecule has 2 N–H and O–H groups in total. The molecule has 1 aliphatic heterocycles. The largest absolute Gasteiger partial charge is 0.481 e. The minimum atomic E-state index is -4.19. The molecule has 0 radical (unpaired) electrons. The molecular weight excluding hydrogens is 568 g/mol. The van der Waals surface area contributed by atoms with Crippen LogP contribution in [0.15, 0.2) is 70.6 Å². The number of carbonyl (C=O) groups is 1. The lowest BCUT2D eigenvalue weighted by atomic mass is 9.75. The van der Waals surface area contributed by atoms with Crippen molar-refractivity contribution in [3.63, 3.8) is 0 Å². The van der Waals surface area contributed by atoms with Crippen molar-refractivity contribution in [2.45, 2.75) is 62.2 Å². The number of benzene rings is 2. The molecule has 2 aromatic rings. The monoisotopic (exact) mass is 605 g/mol. The van der Waals surface area contributed by atoms with Crippen molar-refractivity contribution in [3.8, 4) is 0 Å². The number of unbranched alkanes of at least 4 members (excludes halogenated alkanes) is 2. The lowest BCUT2D eigenvalue weighted by Gasteiger charge is -2.22. The molecule has 0 aromatic heterocycles. The third-order valence-electron chi connectivity index (χ3n) is 7.08. The van der Waals surface area contributed by atoms with Crippen LogP contribution >= 0.6 is 0 Å². The summed E-state index contributed by atoms with van der Waals surface area (Å²) in [5.74, 6) is -1.27. The molecule has 1 aliphatic rings. The summed E-state index contributed by atoms with van der Waals surface area (Å²) in [7, 11) is -7.08. The van der Waals surface area contributed by atoms with Gasteiger partial charge in [0.25, 0.3) is 20.2 Å². The Hall–Kier alpha value is -3.19. The maximum absolute atomic E-state index is 12.5. The summed E-state index contributed by atoms with van der Waals surface area (Å²) in [6.07, 6.45) is 8.67. The molecule has 222 valence electrons. The van der Waals surface area contributed by atoms with Gasteiger partial charge in [-0.25, -0.2) is 0 Å². The van der Waals surface area contributed by atoms with E-state index in [0.29, 0.717) is 44.2 Å². The Morgan fingerprint density at radius 2 is 1.78 bits per heavy atom. The summed E-state index contributed by atoms with van der Waals surface area (Å²) in [6, 6.07) is 14.3. The molecule has 0 amide bonds. The van der Waals surface area contributed by atoms with Crippen LogP contribution in [0.2, 0.25) is 0 Å². The zero-order chi connectivity index (χ0) is 30.1. The van der Waals surface area contributed by atoms with Gasteiger partial charge in [0.15, 0.2) is 5.71 Å². The second kappa shape index (κ2) is 14.1. The standard InChI is InChI=1S/C29H36N2O8S2/c1-29(18-11-21-40(34,35)36)25-22-24(41(37,38)39-2)16-17-26(25)31(20-10-4-7-15-28(32)33)27(29)14-8-9-19-30-23-12-5-3-6-13-23/h3,5-6,8,12-14,16-17,19,22H,4,7,9-11,15,18,20-21H2,1-2H3,(H-,32,33,34,35,36)/p+1/b14-8+,30-19?. The van der Waals surface area contributed by atoms with Crippen LogP contribution in [-0.2, 0) is 34.6 Å². The molecular formula is C29H37N2O8S2+. The molecule has 0 bridgehead atoms. The molecule has 0 aliphatic carbocycles. The Balaban J connectivity index is 2.01. The molecule has 0 spiro atoms. The quantitative estimate of drug-likeness (QED) is 0.0888. The average Bonchev–Trinajstić information content (AvgIpc) is 3.14. The number of fused-ring (bicyclic) bond motifs is 1. The van der Waals surface area contributed by atoms with Gasteiger partial charge in [0, 0.05) is 43.2 Å². The van der Waals surface area contributed by atoms with Gasteiger partial charge in [-0.2, -0.15) is 21.4 Å². The van der Waals surface area contributed by atoms with E-state index in [0.717, 1.165) is 24.2 Å². The SMILES string of the molecule is COS(=O)(=O)c1ccc2c(c1)C(C)(CCCS(=O)(=O)O)C(/C=C/CC=Nc1ccccc1)=[N+]2CCCCCC(=O)O. The second-order valence-electron chi connectivity index (χ2n) is 10.0. The number of para-hydroxylation sites is 1. The van der Waals surface area contributed by atoms with Crippen LogP contribution in [-0.4, -0.2) is 68.4 Å². The number of nitrogens with zero attached hydrogens (tertiary/aromatic N) is 2. The number of aliphatic carboxylic acids is 1. The highest BCUT2D eigenvalue weighted by molar-refractivity contribution is 7.86. The molecule has 0 saturated heterocycles. The van der Waals surface area contributed by atoms with E-state index in [4.69, 9.17) is 9.29 Å². The predicted molar refractivity (Wildman–Crippen MR) is 158 cm³/mol. The summed E-state index contributed by atoms with van der Waals surface area (Å²) in [6.45, 7) is 2.48. The highest BCUT2D eigenvalue weighted by Gasteiger charge is 2.47. The van der Waals surface area contributed by atoms with E-state index in [-0.39, 0.29) is 17.7 Å². The number of hydrogen-bond acceptors (Lipinski definition) is 7. The van der Waals surface area contributed by atoms with Gasteiger partial charge in [0.05, 0.1) is 28.9 Å². The van der Waals surface area contributed by atoms with Gasteiger partial charge in [-0.1, -0.05) is 24.3 Å². The lowest BCUT2D eigenvalue weighted by Crippen LogP contribution is -2.32. The van der Waals surface area contributed by atoms with Crippen molar-refractivity contribution < 1.29 is 40.0 Å². The summed E-state index contributed by atoms with van der Waals surface area (Å²) in [4.78, 5) is 15.4. The van der Waals surface area contributed by atoms with Gasteiger partial charge in [-0.05, 0) is 56.9 Å². The van der Waals surface area contributed by atoms with Crippen LogP contribution in [0.25, 0.3) is 0 Å². The summed E-state index contributed by atoms with van der Waals surface area (Å²) in [5.41, 5.74) is 2.38. The summed E-state index contributed by atoms with van der Waals surface area (Å²) in [5, 5.41) is 8.98. The second-order valence-corrected chi connectivity index (χ2v) is 13.3. The molecule has 3 rings (SSSR count). The van der Waals surface area contributed by atoms with Crippen molar-refractivity contribution in [2.75, 3.05) is 19.4 Å². The molecule has 12 heteroatoms. The van der Waals surface area contributed by atoms with Gasteiger partial charge < -0.3 is 5.11 Å². The Morgan fingerprint density at radius 1 is 1.05 bits per heavy atom. The maximum Gasteiger partial charge on any atom is 0.303 e. The number of carboxylic acids is 1. The van der Waals surface area contributed by atoms with E-state index < -0.39 is 37.4 Å². The first-order valence-electron chi connectivity index (χ1n) is 13.4. The van der Waals surface area contributed by atoms with Crippen molar-refractivity contribution in [1.82, 2.24) is 0 Å². The summed E-state index contributed by atoms with van der Waals surface area (Å²) >= 11 is 0. The number of aliphatic imine (C=N–C) groups is 1. The minimum Gasteiger partial charge on any atom is -0.481 e. The molecule has 10 nitrogen and oxygen atoms in total. The first kappa shape index (κ1) is 32.3. The smallest absolute Gasteiger partial charge is 0.303 e. The van der Waals surface area contributed by atoms with Crippen LogP contribution < -0.4 is 0 Å². The lowest BCUT2D eigenvalue weighted by molar-refractivity contribution is -0.438. The van der Waals surface area contributed by atoms with Gasteiger partial charge in [-0.3, -0.25) is 18.5 Å². The first-order valence-corrected chi connectivity index (χ1v) is 16.4. The normalized spacial score (nSPS) is 17.5. The number of allylic oxidation sites excluding steroid dienone is 2. The van der Waals surface area contributed by atoms with E-state index in [2.05, 4.69) is 9.57 Å². The van der Waals surface area contributed by atoms with Crippen molar-refractivity contribution in [1.29, 1.82) is 0 Å². The fourth-order valence-electron chi connectivity index (χ4n) is 5.03. The zero-order valence-electron chi connectivity index (χ0n) is 23.3. The van der Waals surface area contributed by atoms with Gasteiger partial charge in [0.2, 0.25) is 5.69 Å². The van der Waals surface area contributed by atoms with E-state index in [1.54, 1.807) is 18.3 Å². The first-order chi connectivity index (χ1) is 19.4. The average molecular weight is 606 g/mol. The van der Waals surface area contributed by atoms with Crippen LogP contribution in [0.3, 0.4) is 0 Å². The predicted octanol–water partition coefficient (Wildman–Crippen LogP) is 5.04. The molecule has 0 saturated carbocycles. The maximum atomic E-state index is 12.5. The Labute approximate surface area is 242 Å². The fraction of sp³-hybridized carbons (Fsp3) is 0.414. The van der Waals surface area contributed by atoms with Gasteiger partial charge >= 0.3 is 5.97 Å². The van der Waals surface area contributed by atoms with Crippen LogP contribution in [0.1, 0.15) is 57.4 Å². The number of hydrogen-bond donors (Lipinski definition) is 2. The van der Waals surface area contributed by atoms with Crippen molar-refractivity contribution >= 4 is 49.5 Å². The molecule has 41 heavy (non-hydrogen) atoms. The Kier molecular flexibility index (Phi) is 11.1. The van der Waals surface area contributed by atoms with Gasteiger partial charge in [-0.15, -0.1) is 0 Å². The van der Waals surface area contributed by atoms with Crippen molar-refractivity contribution in [3.05, 3.63) is 66.2 Å². The highest BCUT2D eigenvalue weighted by Crippen LogP contribution is 2.44. The molecule has 2 aromatic carbocycles. The third-order valence-corrected chi connectivity index (χ3v) is 9.16. The molecule has 0 fully saturated rings. The Bertz CT molecular complexity index is 1530. The van der Waals surface area contributed by atoms with Gasteiger partial charge in [0.1, 0.15) is 6.54 Å². The number of carboxylic acid groups (broad SMARTS) is 1. The Morgan fingerprint density at radius 3 is 2.44 bits per heavy atom. The highest BCUT2D eigenvalue weighted by atomic mass is 32.2. The fourth-order valence-corrected chi connectivity index (χ4v) is 6.23. The van der Waals surface area contributed by atoms with E-state index in [9.17, 15) is 26.2 Å². The minimum absolute atomic E-state index is 0.0126. The topological polar surface area (TPSA) is 150 Å². The number of rotatable bonds is 16. The molecule has 1 atom stereocenters. The van der Waals surface area contributed by atoms with E-state index >= 15 is 0 Å². The summed E-state index contributed by atoms with van der Waals surface area (Å²) < 4.78 is 64.3. The van der Waals surface area contributed by atoms with Crippen LogP contribution in [0.5, 0.6) is 0 Å². The third kappa shape index (κ3) is 8.90. The van der Waals surface area contributed by atoms with Crippen molar-refractivity contribution in [2.24, 2.45) is 4.99 Å².